The first kappa shape index (κ1) is 15.8. The van der Waals surface area contributed by atoms with E-state index in [9.17, 15) is 9.59 Å². The first-order chi connectivity index (χ1) is 10.4. The van der Waals surface area contributed by atoms with Gasteiger partial charge in [0.1, 0.15) is 0 Å². The van der Waals surface area contributed by atoms with Gasteiger partial charge in [0.15, 0.2) is 0 Å². The molecule has 1 heterocycles. The molecular formula is C17H21N3O2. The van der Waals surface area contributed by atoms with Crippen molar-refractivity contribution in [3.05, 3.63) is 58.9 Å². The zero-order chi connectivity index (χ0) is 16.3. The number of nitrogens with zero attached hydrogens (tertiary/aromatic N) is 1. The Hall–Kier alpha value is -2.56. The second-order valence-electron chi connectivity index (χ2n) is 5.45. The predicted octanol–water partition coefficient (Wildman–Crippen LogP) is 1.99. The van der Waals surface area contributed by atoms with Crippen molar-refractivity contribution in [2.24, 2.45) is 12.8 Å². The van der Waals surface area contributed by atoms with Gasteiger partial charge >= 0.3 is 0 Å². The van der Waals surface area contributed by atoms with Gasteiger partial charge in [0.2, 0.25) is 5.91 Å². The van der Waals surface area contributed by atoms with Gasteiger partial charge in [-0.1, -0.05) is 30.3 Å². The molecule has 3 N–H and O–H groups in total. The van der Waals surface area contributed by atoms with Gasteiger partial charge in [-0.25, -0.2) is 0 Å². The Kier molecular flexibility index (Phi) is 4.65. The van der Waals surface area contributed by atoms with Gasteiger partial charge < -0.3 is 15.6 Å². The normalized spacial score (nSPS) is 12.0. The molecule has 0 aliphatic rings. The number of hydrogen-bond acceptors (Lipinski definition) is 2. The van der Waals surface area contributed by atoms with Crippen LogP contribution in [-0.2, 0) is 11.8 Å². The molecule has 2 aromatic rings. The highest BCUT2D eigenvalue weighted by Crippen LogP contribution is 2.19. The average Bonchev–Trinajstić information content (AvgIpc) is 2.75. The number of aryl methyl sites for hydroxylation is 1. The Balaban J connectivity index is 2.25. The van der Waals surface area contributed by atoms with E-state index in [0.717, 1.165) is 17.0 Å². The molecular weight excluding hydrogens is 278 g/mol. The fourth-order valence-corrected chi connectivity index (χ4v) is 2.46. The number of carbonyl (C=O) groups excluding carboxylic acids is 2. The van der Waals surface area contributed by atoms with Crippen LogP contribution in [0.25, 0.3) is 0 Å². The van der Waals surface area contributed by atoms with E-state index in [1.165, 1.54) is 0 Å². The summed E-state index contributed by atoms with van der Waals surface area (Å²) in [4.78, 5) is 23.8. The molecule has 1 aromatic carbocycles. The Labute approximate surface area is 130 Å². The lowest BCUT2D eigenvalue weighted by molar-refractivity contribution is -0.118. The SMILES string of the molecule is Cc1cc(C(=O)N[C@@H](CC(N)=O)c2ccccc2)c(C)n1C. The van der Waals surface area contributed by atoms with Crippen LogP contribution < -0.4 is 11.1 Å². The topological polar surface area (TPSA) is 77.1 Å². The molecule has 0 fully saturated rings. The molecule has 0 aliphatic carbocycles. The summed E-state index contributed by atoms with van der Waals surface area (Å²) < 4.78 is 1.96. The van der Waals surface area contributed by atoms with Gasteiger partial charge in [-0.15, -0.1) is 0 Å². The molecule has 5 nitrogen and oxygen atoms in total. The highest BCUT2D eigenvalue weighted by molar-refractivity contribution is 5.96. The molecule has 0 saturated carbocycles. The number of nitrogens with two attached hydrogens (primary N) is 1. The summed E-state index contributed by atoms with van der Waals surface area (Å²) in [5.41, 5.74) is 8.68. The summed E-state index contributed by atoms with van der Waals surface area (Å²) in [5, 5.41) is 2.91. The van der Waals surface area contributed by atoms with Crippen molar-refractivity contribution < 1.29 is 9.59 Å². The van der Waals surface area contributed by atoms with Crippen LogP contribution in [0.15, 0.2) is 36.4 Å². The summed E-state index contributed by atoms with van der Waals surface area (Å²) in [6, 6.07) is 10.8. The molecule has 22 heavy (non-hydrogen) atoms. The van der Waals surface area contributed by atoms with Crippen LogP contribution in [0, 0.1) is 13.8 Å². The number of primary amides is 1. The average molecular weight is 299 g/mol. The predicted molar refractivity (Wildman–Crippen MR) is 85.3 cm³/mol. The van der Waals surface area contributed by atoms with E-state index < -0.39 is 11.9 Å². The smallest absolute Gasteiger partial charge is 0.253 e. The third-order valence-corrected chi connectivity index (χ3v) is 3.93. The quantitative estimate of drug-likeness (QED) is 0.885. The lowest BCUT2D eigenvalue weighted by atomic mass is 10.0. The summed E-state index contributed by atoms with van der Waals surface area (Å²) in [7, 11) is 1.92. The Bertz CT molecular complexity index is 689. The highest BCUT2D eigenvalue weighted by atomic mass is 16.2. The molecule has 0 radical (unpaired) electrons. The van der Waals surface area contributed by atoms with E-state index >= 15 is 0 Å². The minimum absolute atomic E-state index is 0.0701. The van der Waals surface area contributed by atoms with Crippen molar-refractivity contribution in [2.45, 2.75) is 26.3 Å². The van der Waals surface area contributed by atoms with E-state index in [0.29, 0.717) is 5.56 Å². The monoisotopic (exact) mass is 299 g/mol. The van der Waals surface area contributed by atoms with E-state index in [2.05, 4.69) is 5.32 Å². The minimum atomic E-state index is -0.449. The van der Waals surface area contributed by atoms with Crippen LogP contribution in [0.1, 0.15) is 39.8 Å². The molecule has 2 rings (SSSR count). The number of rotatable bonds is 5. The second-order valence-corrected chi connectivity index (χ2v) is 5.45. The second kappa shape index (κ2) is 6.47. The molecule has 0 bridgehead atoms. The van der Waals surface area contributed by atoms with E-state index in [1.807, 2.05) is 61.9 Å². The largest absolute Gasteiger partial charge is 0.370 e. The van der Waals surface area contributed by atoms with Crippen LogP contribution in [0.2, 0.25) is 0 Å². The fourth-order valence-electron chi connectivity index (χ4n) is 2.46. The van der Waals surface area contributed by atoms with Gasteiger partial charge in [-0.2, -0.15) is 0 Å². The molecule has 1 aromatic heterocycles. The Morgan fingerprint density at radius 2 is 1.86 bits per heavy atom. The van der Waals surface area contributed by atoms with Crippen LogP contribution in [0.3, 0.4) is 0 Å². The molecule has 0 aliphatic heterocycles. The number of carbonyl (C=O) groups is 2. The minimum Gasteiger partial charge on any atom is -0.370 e. The van der Waals surface area contributed by atoms with Crippen LogP contribution in [-0.4, -0.2) is 16.4 Å². The van der Waals surface area contributed by atoms with Gasteiger partial charge in [-0.3, -0.25) is 9.59 Å². The Morgan fingerprint density at radius 3 is 2.36 bits per heavy atom. The van der Waals surface area contributed by atoms with E-state index in [4.69, 9.17) is 5.73 Å². The summed E-state index contributed by atoms with van der Waals surface area (Å²) in [6.07, 6.45) is 0.0701. The number of aromatic nitrogens is 1. The summed E-state index contributed by atoms with van der Waals surface area (Å²) in [5.74, 6) is -0.647. The summed E-state index contributed by atoms with van der Waals surface area (Å²) >= 11 is 0. The zero-order valence-corrected chi connectivity index (χ0v) is 13.1. The van der Waals surface area contributed by atoms with Crippen molar-refractivity contribution in [1.29, 1.82) is 0 Å². The number of amides is 2. The first-order valence-corrected chi connectivity index (χ1v) is 7.17. The van der Waals surface area contributed by atoms with E-state index in [-0.39, 0.29) is 12.3 Å². The molecule has 2 amide bonds. The maximum absolute atomic E-state index is 12.5. The number of hydrogen-bond donors (Lipinski definition) is 2. The lowest BCUT2D eigenvalue weighted by Crippen LogP contribution is -2.32. The Morgan fingerprint density at radius 1 is 1.23 bits per heavy atom. The van der Waals surface area contributed by atoms with Crippen molar-refractivity contribution in [3.63, 3.8) is 0 Å². The third-order valence-electron chi connectivity index (χ3n) is 3.93. The zero-order valence-electron chi connectivity index (χ0n) is 13.1. The molecule has 0 spiro atoms. The van der Waals surface area contributed by atoms with Crippen molar-refractivity contribution in [3.8, 4) is 0 Å². The molecule has 5 heteroatoms. The lowest BCUT2D eigenvalue weighted by Gasteiger charge is -2.18. The molecule has 0 unspecified atom stereocenters. The van der Waals surface area contributed by atoms with Gasteiger partial charge in [0, 0.05) is 18.4 Å². The standard InChI is InChI=1S/C17H21N3O2/c1-11-9-14(12(2)20(11)3)17(22)19-15(10-16(18)21)13-7-5-4-6-8-13/h4-9,15H,10H2,1-3H3,(H2,18,21)(H,19,22)/t15-/m0/s1. The van der Waals surface area contributed by atoms with Gasteiger partial charge in [0.25, 0.3) is 5.91 Å². The van der Waals surface area contributed by atoms with Crippen molar-refractivity contribution in [2.75, 3.05) is 0 Å². The van der Waals surface area contributed by atoms with Crippen molar-refractivity contribution in [1.82, 2.24) is 9.88 Å². The molecule has 0 saturated heterocycles. The fraction of sp³-hybridized carbons (Fsp3) is 0.294. The third kappa shape index (κ3) is 3.36. The highest BCUT2D eigenvalue weighted by Gasteiger charge is 2.20. The van der Waals surface area contributed by atoms with E-state index in [1.54, 1.807) is 0 Å². The molecule has 1 atom stereocenters. The van der Waals surface area contributed by atoms with Gasteiger partial charge in [0.05, 0.1) is 18.0 Å². The molecule has 116 valence electrons. The van der Waals surface area contributed by atoms with Crippen LogP contribution in [0.5, 0.6) is 0 Å². The number of benzene rings is 1. The maximum atomic E-state index is 12.5. The van der Waals surface area contributed by atoms with Crippen LogP contribution in [0.4, 0.5) is 0 Å². The van der Waals surface area contributed by atoms with Crippen LogP contribution >= 0.6 is 0 Å². The summed E-state index contributed by atoms with van der Waals surface area (Å²) in [6.45, 7) is 3.84. The van der Waals surface area contributed by atoms with Crippen molar-refractivity contribution >= 4 is 11.8 Å². The maximum Gasteiger partial charge on any atom is 0.253 e. The van der Waals surface area contributed by atoms with Gasteiger partial charge in [-0.05, 0) is 25.5 Å². The first-order valence-electron chi connectivity index (χ1n) is 7.17. The number of nitrogens with one attached hydrogen (secondary N) is 1.